The average molecular weight is 234 g/mol. The maximum atomic E-state index is 2.14. The summed E-state index contributed by atoms with van der Waals surface area (Å²) >= 11 is 1.86. The van der Waals surface area contributed by atoms with Gasteiger partial charge in [-0.1, -0.05) is 69.3 Å². The molecule has 88 valence electrons. The van der Waals surface area contributed by atoms with E-state index in [1.54, 1.807) is 0 Å². The molecule has 0 heterocycles. The molecule has 0 bridgehead atoms. The number of benzene rings is 2. The molecule has 0 N–H and O–H groups in total. The second-order valence-electron chi connectivity index (χ2n) is 2.92. The molecule has 0 atom stereocenters. The van der Waals surface area contributed by atoms with Crippen LogP contribution in [-0.2, 0) is 0 Å². The van der Waals surface area contributed by atoms with Crippen LogP contribution in [0.25, 0.3) is 10.8 Å². The van der Waals surface area contributed by atoms with Gasteiger partial charge in [0.1, 0.15) is 0 Å². The highest BCUT2D eigenvalue weighted by atomic mass is 32.2. The van der Waals surface area contributed by atoms with Crippen molar-refractivity contribution in [2.75, 3.05) is 12.0 Å². The molecule has 0 nitrogen and oxygen atoms in total. The van der Waals surface area contributed by atoms with E-state index in [1.807, 2.05) is 25.6 Å². The highest BCUT2D eigenvalue weighted by molar-refractivity contribution is 7.98. The molecule has 0 aliphatic carbocycles. The maximum absolute atomic E-state index is 2.14. The first-order chi connectivity index (χ1) is 7.88. The van der Waals surface area contributed by atoms with Gasteiger partial charge in [-0.15, -0.1) is 0 Å². The molecule has 1 heteroatoms. The summed E-state index contributed by atoms with van der Waals surface area (Å²) in [4.78, 5) is 0. The smallest absolute Gasteiger partial charge is 0.00988 e. The summed E-state index contributed by atoms with van der Waals surface area (Å²) in [5, 5.41) is 2.62. The van der Waals surface area contributed by atoms with Crippen molar-refractivity contribution in [1.82, 2.24) is 0 Å². The topological polar surface area (TPSA) is 0 Å². The second-order valence-corrected chi connectivity index (χ2v) is 4.08. The molecule has 0 saturated heterocycles. The van der Waals surface area contributed by atoms with Gasteiger partial charge in [0.2, 0.25) is 0 Å². The Morgan fingerprint density at radius 2 is 1.06 bits per heavy atom. The van der Waals surface area contributed by atoms with E-state index < -0.39 is 0 Å². The van der Waals surface area contributed by atoms with Gasteiger partial charge in [-0.05, 0) is 22.8 Å². The molecule has 0 amide bonds. The van der Waals surface area contributed by atoms with Crippen molar-refractivity contribution in [2.45, 2.75) is 20.8 Å². The molecule has 0 aliphatic rings. The van der Waals surface area contributed by atoms with Crippen molar-refractivity contribution in [1.29, 1.82) is 0 Å². The predicted octanol–water partition coefficient (Wildman–Crippen LogP) is 5.24. The van der Waals surface area contributed by atoms with Crippen LogP contribution in [0.4, 0.5) is 0 Å². The minimum atomic E-state index is 1.24. The van der Waals surface area contributed by atoms with Crippen molar-refractivity contribution in [3.05, 3.63) is 48.5 Å². The SMILES string of the molecule is CC.CCSC.c1ccc2ccccc2c1. The van der Waals surface area contributed by atoms with Crippen molar-refractivity contribution in [3.63, 3.8) is 0 Å². The van der Waals surface area contributed by atoms with Crippen LogP contribution >= 0.6 is 11.8 Å². The highest BCUT2D eigenvalue weighted by Crippen LogP contribution is 2.11. The first kappa shape index (κ1) is 15.0. The molecule has 2 rings (SSSR count). The Morgan fingerprint density at radius 3 is 1.25 bits per heavy atom. The van der Waals surface area contributed by atoms with Crippen molar-refractivity contribution in [2.24, 2.45) is 0 Å². The largest absolute Gasteiger partial charge is 0.166 e. The second kappa shape index (κ2) is 10.6. The van der Waals surface area contributed by atoms with Gasteiger partial charge in [0, 0.05) is 0 Å². The van der Waals surface area contributed by atoms with Crippen LogP contribution in [0.15, 0.2) is 48.5 Å². The minimum Gasteiger partial charge on any atom is -0.166 e. The van der Waals surface area contributed by atoms with Gasteiger partial charge in [0.05, 0.1) is 0 Å². The summed E-state index contributed by atoms with van der Waals surface area (Å²) in [6.07, 6.45) is 2.10. The molecule has 16 heavy (non-hydrogen) atoms. The fourth-order valence-corrected chi connectivity index (χ4v) is 1.13. The first-order valence-electron chi connectivity index (χ1n) is 5.81. The standard InChI is InChI=1S/C10H8.C3H8S.C2H6/c1-2-6-10-8-4-3-7-9(10)5-1;1-3-4-2;1-2/h1-8H;3H2,1-2H3;1-2H3. The summed E-state index contributed by atoms with van der Waals surface area (Å²) in [5.74, 6) is 1.24. The van der Waals surface area contributed by atoms with Gasteiger partial charge in [-0.3, -0.25) is 0 Å². The Morgan fingerprint density at radius 1 is 0.812 bits per heavy atom. The van der Waals surface area contributed by atoms with Crippen molar-refractivity contribution in [3.8, 4) is 0 Å². The van der Waals surface area contributed by atoms with Gasteiger partial charge in [-0.2, -0.15) is 11.8 Å². The molecule has 0 radical (unpaired) electrons. The zero-order chi connectivity index (χ0) is 12.2. The quantitative estimate of drug-likeness (QED) is 0.650. The predicted molar refractivity (Wildman–Crippen MR) is 79.4 cm³/mol. The highest BCUT2D eigenvalue weighted by Gasteiger charge is 1.85. The molecular weight excluding hydrogens is 212 g/mol. The number of thioether (sulfide) groups is 1. The average Bonchev–Trinajstić information content (AvgIpc) is 2.41. The van der Waals surface area contributed by atoms with Crippen LogP contribution in [0.1, 0.15) is 20.8 Å². The molecule has 2 aromatic carbocycles. The van der Waals surface area contributed by atoms with Crippen LogP contribution in [-0.4, -0.2) is 12.0 Å². The third kappa shape index (κ3) is 5.82. The van der Waals surface area contributed by atoms with E-state index >= 15 is 0 Å². The Labute approximate surface area is 104 Å². The van der Waals surface area contributed by atoms with Gasteiger partial charge in [0.25, 0.3) is 0 Å². The third-order valence-corrected chi connectivity index (χ3v) is 2.52. The number of hydrogen-bond acceptors (Lipinski definition) is 1. The monoisotopic (exact) mass is 234 g/mol. The number of fused-ring (bicyclic) bond motifs is 1. The van der Waals surface area contributed by atoms with Crippen LogP contribution in [0.3, 0.4) is 0 Å². The minimum absolute atomic E-state index is 1.24. The van der Waals surface area contributed by atoms with E-state index in [0.717, 1.165) is 0 Å². The number of hydrogen-bond donors (Lipinski definition) is 0. The Bertz CT molecular complexity index is 301. The Hall–Kier alpha value is -0.950. The molecule has 0 aromatic heterocycles. The van der Waals surface area contributed by atoms with E-state index in [1.165, 1.54) is 16.5 Å². The molecule has 0 unspecified atom stereocenters. The number of rotatable bonds is 1. The lowest BCUT2D eigenvalue weighted by Crippen LogP contribution is -1.67. The third-order valence-electron chi connectivity index (χ3n) is 1.95. The summed E-state index contributed by atoms with van der Waals surface area (Å²) in [5.41, 5.74) is 0. The summed E-state index contributed by atoms with van der Waals surface area (Å²) in [6, 6.07) is 16.7. The first-order valence-corrected chi connectivity index (χ1v) is 7.20. The summed E-state index contributed by atoms with van der Waals surface area (Å²) < 4.78 is 0. The Kier molecular flexibility index (Phi) is 9.94. The molecule has 0 fully saturated rings. The molecule has 0 aliphatic heterocycles. The zero-order valence-corrected chi connectivity index (χ0v) is 11.6. The van der Waals surface area contributed by atoms with Gasteiger partial charge in [0.15, 0.2) is 0 Å². The van der Waals surface area contributed by atoms with E-state index in [9.17, 15) is 0 Å². The van der Waals surface area contributed by atoms with Crippen LogP contribution < -0.4 is 0 Å². The van der Waals surface area contributed by atoms with Crippen LogP contribution in [0, 0.1) is 0 Å². The van der Waals surface area contributed by atoms with Crippen LogP contribution in [0.2, 0.25) is 0 Å². The molecule has 0 spiro atoms. The fraction of sp³-hybridized carbons (Fsp3) is 0.333. The maximum Gasteiger partial charge on any atom is -0.00988 e. The van der Waals surface area contributed by atoms with Crippen molar-refractivity contribution < 1.29 is 0 Å². The lowest BCUT2D eigenvalue weighted by Gasteiger charge is -1.92. The fourth-order valence-electron chi connectivity index (χ4n) is 1.13. The normalized spacial score (nSPS) is 8.50. The lowest BCUT2D eigenvalue weighted by molar-refractivity contribution is 1.50. The van der Waals surface area contributed by atoms with E-state index in [-0.39, 0.29) is 0 Å². The molecule has 0 saturated carbocycles. The van der Waals surface area contributed by atoms with Gasteiger partial charge < -0.3 is 0 Å². The molecule has 2 aromatic rings. The van der Waals surface area contributed by atoms with E-state index in [0.29, 0.717) is 0 Å². The van der Waals surface area contributed by atoms with Gasteiger partial charge >= 0.3 is 0 Å². The lowest BCUT2D eigenvalue weighted by atomic mass is 10.1. The van der Waals surface area contributed by atoms with Gasteiger partial charge in [-0.25, -0.2) is 0 Å². The van der Waals surface area contributed by atoms with Crippen molar-refractivity contribution >= 4 is 22.5 Å². The van der Waals surface area contributed by atoms with E-state index in [4.69, 9.17) is 0 Å². The van der Waals surface area contributed by atoms with E-state index in [2.05, 4.69) is 61.7 Å². The van der Waals surface area contributed by atoms with Crippen LogP contribution in [0.5, 0.6) is 0 Å². The summed E-state index contributed by atoms with van der Waals surface area (Å²) in [6.45, 7) is 6.14. The molecular formula is C15H22S. The Balaban J connectivity index is 0.000000323. The summed E-state index contributed by atoms with van der Waals surface area (Å²) in [7, 11) is 0. The zero-order valence-electron chi connectivity index (χ0n) is 10.7.